The van der Waals surface area contributed by atoms with Crippen molar-refractivity contribution in [2.45, 2.75) is 11.9 Å². The zero-order chi connectivity index (χ0) is 14.4. The number of nitrogens with zero attached hydrogens (tertiary/aromatic N) is 1. The Balaban J connectivity index is 1.93. The molecule has 1 aromatic heterocycles. The van der Waals surface area contributed by atoms with Crippen molar-refractivity contribution >= 4 is 10.0 Å². The van der Waals surface area contributed by atoms with Crippen molar-refractivity contribution in [2.24, 2.45) is 0 Å². The minimum Gasteiger partial charge on any atom is -0.385 e. The lowest BCUT2D eigenvalue weighted by atomic mass is 10.2. The Morgan fingerprint density at radius 3 is 2.45 bits per heavy atom. The maximum atomic E-state index is 11.9. The van der Waals surface area contributed by atoms with Crippen LogP contribution in [0.3, 0.4) is 0 Å². The number of aliphatic hydroxyl groups excluding tert-OH is 1. The molecule has 20 heavy (non-hydrogen) atoms. The molecule has 1 heterocycles. The molecule has 0 spiro atoms. The third kappa shape index (κ3) is 4.41. The lowest BCUT2D eigenvalue weighted by Gasteiger charge is -2.11. The molecule has 2 rings (SSSR count). The van der Waals surface area contributed by atoms with E-state index in [1.165, 1.54) is 0 Å². The van der Waals surface area contributed by atoms with Gasteiger partial charge in [-0.2, -0.15) is 0 Å². The molecule has 1 aromatic carbocycles. The predicted octanol–water partition coefficient (Wildman–Crippen LogP) is 1.23. The van der Waals surface area contributed by atoms with Gasteiger partial charge in [0.05, 0.1) is 11.4 Å². The van der Waals surface area contributed by atoms with Crippen LogP contribution in [0, 0.1) is 0 Å². The van der Waals surface area contributed by atoms with E-state index in [1.807, 2.05) is 6.07 Å². The van der Waals surface area contributed by atoms with Crippen LogP contribution in [0.4, 0.5) is 0 Å². The lowest BCUT2D eigenvalue weighted by molar-refractivity contribution is 0.177. The standard InChI is InChI=1S/C14H16N2O3S/c17-14(13-8-4-5-9-15-13)10-16-20(18,19)11-12-6-2-1-3-7-12/h1-9,14,16-17H,10-11H2/t14-/m1/s1. The molecule has 1 atom stereocenters. The van der Waals surface area contributed by atoms with Gasteiger partial charge in [0.15, 0.2) is 0 Å². The summed E-state index contributed by atoms with van der Waals surface area (Å²) in [4.78, 5) is 3.98. The van der Waals surface area contributed by atoms with E-state index in [4.69, 9.17) is 0 Å². The van der Waals surface area contributed by atoms with Crippen LogP contribution in [0.1, 0.15) is 17.4 Å². The van der Waals surface area contributed by atoms with E-state index in [-0.39, 0.29) is 12.3 Å². The number of pyridine rings is 1. The van der Waals surface area contributed by atoms with Gasteiger partial charge in [0.2, 0.25) is 10.0 Å². The van der Waals surface area contributed by atoms with Gasteiger partial charge in [0.1, 0.15) is 6.10 Å². The van der Waals surface area contributed by atoms with Crippen LogP contribution in [-0.4, -0.2) is 25.1 Å². The summed E-state index contributed by atoms with van der Waals surface area (Å²) in [5, 5.41) is 9.86. The average Bonchev–Trinajstić information content (AvgIpc) is 2.46. The van der Waals surface area contributed by atoms with Gasteiger partial charge < -0.3 is 5.11 Å². The van der Waals surface area contributed by atoms with Gasteiger partial charge in [-0.05, 0) is 17.7 Å². The molecule has 106 valence electrons. The van der Waals surface area contributed by atoms with Crippen LogP contribution < -0.4 is 4.72 Å². The minimum atomic E-state index is -3.48. The van der Waals surface area contributed by atoms with E-state index in [0.29, 0.717) is 11.3 Å². The Labute approximate surface area is 118 Å². The summed E-state index contributed by atoms with van der Waals surface area (Å²) in [7, 11) is -3.48. The van der Waals surface area contributed by atoms with Gasteiger partial charge in [-0.25, -0.2) is 13.1 Å². The first-order chi connectivity index (χ1) is 9.57. The zero-order valence-corrected chi connectivity index (χ0v) is 11.6. The normalized spacial score (nSPS) is 13.1. The van der Waals surface area contributed by atoms with E-state index in [2.05, 4.69) is 9.71 Å². The Morgan fingerprint density at radius 2 is 1.80 bits per heavy atom. The quantitative estimate of drug-likeness (QED) is 0.839. The maximum absolute atomic E-state index is 11.9. The van der Waals surface area contributed by atoms with E-state index in [9.17, 15) is 13.5 Å². The number of benzene rings is 1. The summed E-state index contributed by atoms with van der Waals surface area (Å²) < 4.78 is 26.2. The topological polar surface area (TPSA) is 79.3 Å². The van der Waals surface area contributed by atoms with Gasteiger partial charge in [0, 0.05) is 12.7 Å². The predicted molar refractivity (Wildman–Crippen MR) is 76.3 cm³/mol. The molecule has 0 aliphatic rings. The van der Waals surface area contributed by atoms with E-state index in [0.717, 1.165) is 0 Å². The van der Waals surface area contributed by atoms with Crippen molar-refractivity contribution < 1.29 is 13.5 Å². The summed E-state index contributed by atoms with van der Waals surface area (Å²) in [6.07, 6.45) is 0.596. The zero-order valence-electron chi connectivity index (χ0n) is 10.8. The lowest BCUT2D eigenvalue weighted by Crippen LogP contribution is -2.29. The van der Waals surface area contributed by atoms with E-state index >= 15 is 0 Å². The molecule has 0 saturated carbocycles. The van der Waals surface area contributed by atoms with Crippen LogP contribution in [0.2, 0.25) is 0 Å². The Morgan fingerprint density at radius 1 is 1.10 bits per heavy atom. The molecular formula is C14H16N2O3S. The number of aliphatic hydroxyl groups is 1. The Bertz CT molecular complexity index is 630. The summed E-state index contributed by atoms with van der Waals surface area (Å²) in [5.41, 5.74) is 1.14. The maximum Gasteiger partial charge on any atom is 0.215 e. The second-order valence-electron chi connectivity index (χ2n) is 4.36. The number of hydrogen-bond donors (Lipinski definition) is 2. The molecule has 0 aliphatic carbocycles. The number of hydrogen-bond acceptors (Lipinski definition) is 4. The molecule has 0 unspecified atom stereocenters. The average molecular weight is 292 g/mol. The van der Waals surface area contributed by atoms with Gasteiger partial charge >= 0.3 is 0 Å². The fourth-order valence-corrected chi connectivity index (χ4v) is 2.87. The minimum absolute atomic E-state index is 0.0911. The second-order valence-corrected chi connectivity index (χ2v) is 6.17. The van der Waals surface area contributed by atoms with Crippen LogP contribution in [-0.2, 0) is 15.8 Å². The van der Waals surface area contributed by atoms with Gasteiger partial charge in [-0.3, -0.25) is 4.98 Å². The number of aromatic nitrogens is 1. The Kier molecular flexibility index (Phi) is 4.84. The fourth-order valence-electron chi connectivity index (χ4n) is 1.73. The molecule has 5 nitrogen and oxygen atoms in total. The molecule has 0 saturated heterocycles. The summed E-state index contributed by atoms with van der Waals surface area (Å²) in [6, 6.07) is 14.0. The van der Waals surface area contributed by atoms with Crippen LogP contribution in [0.5, 0.6) is 0 Å². The summed E-state index contributed by atoms with van der Waals surface area (Å²) in [5.74, 6) is -0.108. The molecule has 2 aromatic rings. The second kappa shape index (κ2) is 6.60. The van der Waals surface area contributed by atoms with E-state index in [1.54, 1.807) is 48.7 Å². The van der Waals surface area contributed by atoms with Crippen LogP contribution >= 0.6 is 0 Å². The number of nitrogens with one attached hydrogen (secondary N) is 1. The number of rotatable bonds is 6. The molecule has 0 fully saturated rings. The summed E-state index contributed by atoms with van der Waals surface area (Å²) in [6.45, 7) is -0.0911. The highest BCUT2D eigenvalue weighted by molar-refractivity contribution is 7.88. The first kappa shape index (κ1) is 14.6. The molecule has 6 heteroatoms. The van der Waals surface area contributed by atoms with Crippen LogP contribution in [0.15, 0.2) is 54.7 Å². The van der Waals surface area contributed by atoms with Crippen molar-refractivity contribution in [1.82, 2.24) is 9.71 Å². The summed E-state index contributed by atoms with van der Waals surface area (Å²) >= 11 is 0. The smallest absolute Gasteiger partial charge is 0.215 e. The molecule has 0 radical (unpaired) electrons. The number of sulfonamides is 1. The highest BCUT2D eigenvalue weighted by Crippen LogP contribution is 2.09. The first-order valence-corrected chi connectivity index (χ1v) is 7.82. The monoisotopic (exact) mass is 292 g/mol. The van der Waals surface area contributed by atoms with Gasteiger partial charge in [-0.15, -0.1) is 0 Å². The largest absolute Gasteiger partial charge is 0.385 e. The molecule has 0 aliphatic heterocycles. The Hall–Kier alpha value is -1.76. The van der Waals surface area contributed by atoms with Crippen LogP contribution in [0.25, 0.3) is 0 Å². The molecule has 0 amide bonds. The first-order valence-electron chi connectivity index (χ1n) is 6.17. The molecular weight excluding hydrogens is 276 g/mol. The van der Waals surface area contributed by atoms with Crippen molar-refractivity contribution in [3.05, 3.63) is 66.0 Å². The van der Waals surface area contributed by atoms with Crippen molar-refractivity contribution in [1.29, 1.82) is 0 Å². The fraction of sp³-hybridized carbons (Fsp3) is 0.214. The highest BCUT2D eigenvalue weighted by Gasteiger charge is 2.15. The highest BCUT2D eigenvalue weighted by atomic mass is 32.2. The SMILES string of the molecule is O=S(=O)(Cc1ccccc1)NC[C@@H](O)c1ccccn1. The van der Waals surface area contributed by atoms with Crippen molar-refractivity contribution in [2.75, 3.05) is 6.54 Å². The third-order valence-electron chi connectivity index (χ3n) is 2.73. The molecule has 2 N–H and O–H groups in total. The molecule has 0 bridgehead atoms. The third-order valence-corrected chi connectivity index (χ3v) is 4.05. The van der Waals surface area contributed by atoms with Crippen molar-refractivity contribution in [3.63, 3.8) is 0 Å². The van der Waals surface area contributed by atoms with Gasteiger partial charge in [-0.1, -0.05) is 36.4 Å². The van der Waals surface area contributed by atoms with Gasteiger partial charge in [0.25, 0.3) is 0 Å². The van der Waals surface area contributed by atoms with Crippen molar-refractivity contribution in [3.8, 4) is 0 Å². The van der Waals surface area contributed by atoms with E-state index < -0.39 is 16.1 Å².